The summed E-state index contributed by atoms with van der Waals surface area (Å²) in [6.07, 6.45) is 0.916. The lowest BCUT2D eigenvalue weighted by Crippen LogP contribution is -2.14. The standard InChI is InChI=1S/C21H23N7O2S/c1-13-5-6-15(11-19(13)31(22,29)30)24-21-23-10-9-20(25-21)27(3)16-7-8-17-14(2)28(4)26-18(17)12-16/h5-12H,1-4H3,(H2,22,29,30)(H,23,24,25)/i1D3,2D3,3D3,4D3,5D,6D,7D,8D,11D,12D. The number of nitrogens with one attached hydrogen (secondary N) is 1. The van der Waals surface area contributed by atoms with Gasteiger partial charge in [0.05, 0.1) is 18.6 Å². The molecule has 0 aliphatic carbocycles. The molecule has 0 saturated heterocycles. The molecule has 31 heavy (non-hydrogen) atoms. The zero-order valence-electron chi connectivity index (χ0n) is 33.2. The minimum atomic E-state index is -4.98. The molecular weight excluding hydrogens is 414 g/mol. The molecule has 2 heterocycles. The van der Waals surface area contributed by atoms with Crippen LogP contribution in [-0.2, 0) is 17.0 Å². The fourth-order valence-corrected chi connectivity index (χ4v) is 3.01. The van der Waals surface area contributed by atoms with E-state index >= 15 is 0 Å². The van der Waals surface area contributed by atoms with Gasteiger partial charge in [-0.25, -0.2) is 18.5 Å². The minimum Gasteiger partial charge on any atom is -0.329 e. The molecule has 2 aromatic heterocycles. The van der Waals surface area contributed by atoms with Crippen LogP contribution in [0.4, 0.5) is 23.1 Å². The number of aromatic nitrogens is 4. The largest absolute Gasteiger partial charge is 0.329 e. The van der Waals surface area contributed by atoms with Crippen molar-refractivity contribution in [2.24, 2.45) is 12.1 Å². The third-order valence-electron chi connectivity index (χ3n) is 3.82. The second-order valence-electron chi connectivity index (χ2n) is 5.91. The molecule has 0 aliphatic rings. The molecule has 9 nitrogen and oxygen atoms in total. The molecule has 0 amide bonds. The van der Waals surface area contributed by atoms with Gasteiger partial charge in [-0.2, -0.15) is 10.1 Å². The number of benzene rings is 2. The molecule has 0 spiro atoms. The third kappa shape index (κ3) is 4.07. The van der Waals surface area contributed by atoms with Crippen LogP contribution in [0.15, 0.2) is 53.4 Å². The van der Waals surface area contributed by atoms with Crippen LogP contribution in [-0.4, -0.2) is 35.1 Å². The van der Waals surface area contributed by atoms with Crippen molar-refractivity contribution < 1.29 is 33.1 Å². The molecule has 0 fully saturated rings. The zero-order valence-corrected chi connectivity index (χ0v) is 16.0. The number of fused-ring (bicyclic) bond motifs is 1. The van der Waals surface area contributed by atoms with Gasteiger partial charge in [-0.1, -0.05) is 6.04 Å². The van der Waals surface area contributed by atoms with Crippen LogP contribution in [0.2, 0.25) is 0 Å². The van der Waals surface area contributed by atoms with Crippen molar-refractivity contribution in [3.05, 3.63) is 59.8 Å². The van der Waals surface area contributed by atoms with Crippen LogP contribution in [0.1, 0.15) is 35.9 Å². The molecule has 4 rings (SSSR count). The number of nitrogens with two attached hydrogens (primary N) is 1. The van der Waals surface area contributed by atoms with Gasteiger partial charge in [0, 0.05) is 59.1 Å². The minimum absolute atomic E-state index is 0.0983. The first-order chi connectivity index (χ1) is 22.0. The van der Waals surface area contributed by atoms with E-state index in [-0.39, 0.29) is 9.58 Å². The summed E-state index contributed by atoms with van der Waals surface area (Å²) in [6, 6.07) is -5.31. The van der Waals surface area contributed by atoms with Crippen molar-refractivity contribution in [2.45, 2.75) is 18.6 Å². The number of rotatable bonds is 5. The Balaban J connectivity index is 1.99. The summed E-state index contributed by atoms with van der Waals surface area (Å²) in [5, 5.41) is 10.5. The van der Waals surface area contributed by atoms with Gasteiger partial charge in [0.1, 0.15) is 5.82 Å². The maximum absolute atomic E-state index is 12.3. The van der Waals surface area contributed by atoms with Crippen molar-refractivity contribution in [1.29, 1.82) is 0 Å². The van der Waals surface area contributed by atoms with Gasteiger partial charge in [-0.05, 0) is 55.5 Å². The first kappa shape index (κ1) is 8.21. The topological polar surface area (TPSA) is 119 Å². The molecule has 0 radical (unpaired) electrons. The highest BCUT2D eigenvalue weighted by Gasteiger charge is 2.14. The number of anilines is 4. The number of primary sulfonamides is 1. The first-order valence-electron chi connectivity index (χ1n) is 17.1. The van der Waals surface area contributed by atoms with Gasteiger partial charge in [0.15, 0.2) is 0 Å². The highest BCUT2D eigenvalue weighted by atomic mass is 32.2. The number of hydrogen-bond donors (Lipinski definition) is 2. The normalized spacial score (nSPS) is 21.7. The maximum atomic E-state index is 12.3. The average Bonchev–Trinajstić information content (AvgIpc) is 3.35. The number of nitrogens with zero attached hydrogens (tertiary/aromatic N) is 5. The Morgan fingerprint density at radius 3 is 2.87 bits per heavy atom. The molecule has 4 aromatic rings. The van der Waals surface area contributed by atoms with E-state index in [1.807, 2.05) is 0 Å². The van der Waals surface area contributed by atoms with Crippen molar-refractivity contribution in [1.82, 2.24) is 19.7 Å². The second kappa shape index (κ2) is 7.64. The molecule has 3 N–H and O–H groups in total. The van der Waals surface area contributed by atoms with E-state index in [1.54, 1.807) is 0 Å². The van der Waals surface area contributed by atoms with Gasteiger partial charge in [-0.3, -0.25) is 4.68 Å². The maximum Gasteiger partial charge on any atom is 0.238 e. The Bertz CT molecular complexity index is 2100. The third-order valence-corrected chi connectivity index (χ3v) is 4.70. The Hall–Kier alpha value is -3.50. The van der Waals surface area contributed by atoms with Crippen LogP contribution in [0.25, 0.3) is 10.9 Å². The van der Waals surface area contributed by atoms with E-state index < -0.39 is 124 Å². The van der Waals surface area contributed by atoms with E-state index in [2.05, 4.69) is 20.4 Å². The van der Waals surface area contributed by atoms with E-state index in [1.165, 1.54) is 0 Å². The molecule has 0 atom stereocenters. The SMILES string of the molecule is [2H]c1c([2H])c(C([2H])([2H])[2H])c(S(N)(=O)=O)c([2H])c1Nc1nccc(N(c2c([2H])c([2H])c3c(C([2H])([2H])[2H])n(C([2H])([2H])[2H])nc3c2[2H])C([2H])([2H])[2H])n1. The summed E-state index contributed by atoms with van der Waals surface area (Å²) >= 11 is 0. The fourth-order valence-electron chi connectivity index (χ4n) is 2.43. The smallest absolute Gasteiger partial charge is 0.238 e. The van der Waals surface area contributed by atoms with Crippen molar-refractivity contribution in [3.8, 4) is 0 Å². The molecule has 0 saturated carbocycles. The van der Waals surface area contributed by atoms with Gasteiger partial charge < -0.3 is 10.2 Å². The lowest BCUT2D eigenvalue weighted by atomic mass is 10.2. The molecule has 0 unspecified atom stereocenters. The van der Waals surface area contributed by atoms with E-state index in [4.69, 9.17) is 29.8 Å². The molecule has 0 aliphatic heterocycles. The van der Waals surface area contributed by atoms with E-state index in [9.17, 15) is 8.42 Å². The van der Waals surface area contributed by atoms with E-state index in [0.717, 1.165) is 12.3 Å². The summed E-state index contributed by atoms with van der Waals surface area (Å²) in [4.78, 5) is 6.79. The Labute approximate surface area is 205 Å². The van der Waals surface area contributed by atoms with Gasteiger partial charge in [-0.15, -0.1) is 0 Å². The predicted octanol–water partition coefficient (Wildman–Crippen LogP) is 3.14. The van der Waals surface area contributed by atoms with Crippen molar-refractivity contribution >= 4 is 44.1 Å². The first-order valence-corrected chi connectivity index (χ1v) is 9.66. The number of aryl methyl sites for hydroxylation is 2. The van der Waals surface area contributed by atoms with Gasteiger partial charge in [0.25, 0.3) is 0 Å². The molecule has 160 valence electrons. The van der Waals surface area contributed by atoms with Crippen LogP contribution >= 0.6 is 0 Å². The summed E-state index contributed by atoms with van der Waals surface area (Å²) in [5.41, 5.74) is -4.60. The number of hydrogen-bond acceptors (Lipinski definition) is 7. The molecular formula is C21H23N7O2S. The van der Waals surface area contributed by atoms with Crippen LogP contribution < -0.4 is 15.4 Å². The van der Waals surface area contributed by atoms with Crippen molar-refractivity contribution in [3.63, 3.8) is 0 Å². The summed E-state index contributed by atoms with van der Waals surface area (Å²) in [6.45, 7) is -13.1. The highest BCUT2D eigenvalue weighted by molar-refractivity contribution is 7.89. The summed E-state index contributed by atoms with van der Waals surface area (Å²) in [7, 11) is -4.98. The second-order valence-corrected chi connectivity index (χ2v) is 7.40. The zero-order chi connectivity index (χ0) is 37.6. The quantitative estimate of drug-likeness (QED) is 0.474. The van der Waals surface area contributed by atoms with Gasteiger partial charge >= 0.3 is 0 Å². The monoisotopic (exact) mass is 455 g/mol. The number of sulfonamides is 1. The molecule has 0 bridgehead atoms. The van der Waals surface area contributed by atoms with Crippen LogP contribution in [0, 0.1) is 13.7 Å². The molecule has 2 aromatic carbocycles. The van der Waals surface area contributed by atoms with Gasteiger partial charge in [0.2, 0.25) is 16.0 Å². The fraction of sp³-hybridized carbons (Fsp3) is 0.190. The molecule has 10 heteroatoms. The lowest BCUT2D eigenvalue weighted by molar-refractivity contribution is 0.597. The van der Waals surface area contributed by atoms with E-state index in [0.29, 0.717) is 0 Å². The summed E-state index contributed by atoms with van der Waals surface area (Å²) in [5.74, 6) is -1.32. The van der Waals surface area contributed by atoms with Crippen molar-refractivity contribution in [2.75, 3.05) is 17.2 Å². The van der Waals surface area contributed by atoms with Crippen LogP contribution in [0.3, 0.4) is 0 Å². The Morgan fingerprint density at radius 1 is 1.23 bits per heavy atom. The summed E-state index contributed by atoms with van der Waals surface area (Å²) < 4.78 is 170. The average molecular weight is 456 g/mol. The Kier molecular flexibility index (Phi) is 2.02. The van der Waals surface area contributed by atoms with Crippen LogP contribution in [0.5, 0.6) is 0 Å². The highest BCUT2D eigenvalue weighted by Crippen LogP contribution is 2.28. The lowest BCUT2D eigenvalue weighted by Gasteiger charge is -2.19. The predicted molar refractivity (Wildman–Crippen MR) is 121 cm³/mol. The Morgan fingerprint density at radius 2 is 2.13 bits per heavy atom.